The van der Waals surface area contributed by atoms with Crippen LogP contribution in [-0.2, 0) is 4.79 Å². The van der Waals surface area contributed by atoms with Crippen LogP contribution in [0.15, 0.2) is 59.7 Å². The minimum Gasteiger partial charge on any atom is -0.459 e. The molecule has 122 valence electrons. The Morgan fingerprint density at radius 2 is 1.83 bits per heavy atom. The number of benzene rings is 1. The second kappa shape index (κ2) is 6.78. The van der Waals surface area contributed by atoms with E-state index < -0.39 is 6.04 Å². The van der Waals surface area contributed by atoms with Gasteiger partial charge in [-0.05, 0) is 43.3 Å². The van der Waals surface area contributed by atoms with Crippen LogP contribution < -0.4 is 10.6 Å². The van der Waals surface area contributed by atoms with E-state index in [-0.39, 0.29) is 17.6 Å². The van der Waals surface area contributed by atoms with E-state index in [9.17, 15) is 9.59 Å². The molecule has 0 saturated heterocycles. The Hall–Kier alpha value is -3.42. The van der Waals surface area contributed by atoms with Crippen LogP contribution in [0, 0.1) is 0 Å². The molecule has 8 nitrogen and oxygen atoms in total. The zero-order valence-corrected chi connectivity index (χ0v) is 12.8. The summed E-state index contributed by atoms with van der Waals surface area (Å²) in [5.41, 5.74) is 1.21. The molecule has 3 aromatic rings. The molecule has 2 amide bonds. The summed E-state index contributed by atoms with van der Waals surface area (Å²) in [7, 11) is 0. The first-order valence-electron chi connectivity index (χ1n) is 7.23. The second-order valence-electron chi connectivity index (χ2n) is 5.05. The molecular weight excluding hydrogens is 310 g/mol. The van der Waals surface area contributed by atoms with Gasteiger partial charge in [0.25, 0.3) is 5.91 Å². The molecule has 1 atom stereocenters. The van der Waals surface area contributed by atoms with E-state index in [2.05, 4.69) is 20.7 Å². The van der Waals surface area contributed by atoms with Gasteiger partial charge in [0.1, 0.15) is 18.7 Å². The number of carbonyl (C=O) groups excluding carboxylic acids is 2. The third-order valence-corrected chi connectivity index (χ3v) is 3.37. The predicted octanol–water partition coefficient (Wildman–Crippen LogP) is 2.32. The molecule has 2 N–H and O–H groups in total. The van der Waals surface area contributed by atoms with Gasteiger partial charge in [-0.3, -0.25) is 9.59 Å². The van der Waals surface area contributed by atoms with Gasteiger partial charge in [0, 0.05) is 11.4 Å². The molecule has 1 unspecified atom stereocenters. The largest absolute Gasteiger partial charge is 0.459 e. The molecule has 0 saturated carbocycles. The maximum absolute atomic E-state index is 12.1. The van der Waals surface area contributed by atoms with Gasteiger partial charge in [-0.25, -0.2) is 9.67 Å². The summed E-state index contributed by atoms with van der Waals surface area (Å²) in [6.07, 6.45) is 4.29. The Morgan fingerprint density at radius 1 is 1.12 bits per heavy atom. The maximum atomic E-state index is 12.1. The molecule has 24 heavy (non-hydrogen) atoms. The SMILES string of the molecule is CC(C(=O)Nc1ccc(NC(=O)c2ccco2)cc1)n1cncn1. The molecule has 0 aliphatic rings. The third-order valence-electron chi connectivity index (χ3n) is 3.37. The standard InChI is InChI=1S/C16H15N5O3/c1-11(21-10-17-9-18-21)15(22)19-12-4-6-13(7-5-12)20-16(23)14-3-2-8-24-14/h2-11H,1H3,(H,19,22)(H,20,23). The highest BCUT2D eigenvalue weighted by Crippen LogP contribution is 2.16. The number of aromatic nitrogens is 3. The molecule has 2 heterocycles. The molecule has 3 rings (SSSR count). The maximum Gasteiger partial charge on any atom is 0.291 e. The van der Waals surface area contributed by atoms with Crippen molar-refractivity contribution in [3.63, 3.8) is 0 Å². The van der Waals surface area contributed by atoms with Gasteiger partial charge in [0.2, 0.25) is 5.91 Å². The fourth-order valence-electron chi connectivity index (χ4n) is 2.02. The quantitative estimate of drug-likeness (QED) is 0.749. The van der Waals surface area contributed by atoms with Crippen LogP contribution in [0.4, 0.5) is 11.4 Å². The zero-order chi connectivity index (χ0) is 16.9. The fraction of sp³-hybridized carbons (Fsp3) is 0.125. The summed E-state index contributed by atoms with van der Waals surface area (Å²) >= 11 is 0. The van der Waals surface area contributed by atoms with E-state index in [1.807, 2.05) is 0 Å². The lowest BCUT2D eigenvalue weighted by Gasteiger charge is -2.12. The molecule has 0 bridgehead atoms. The Balaban J connectivity index is 1.60. The minimum atomic E-state index is -0.481. The summed E-state index contributed by atoms with van der Waals surface area (Å²) in [4.78, 5) is 27.8. The van der Waals surface area contributed by atoms with Crippen LogP contribution in [0.3, 0.4) is 0 Å². The lowest BCUT2D eigenvalue weighted by molar-refractivity contribution is -0.119. The number of nitrogens with zero attached hydrogens (tertiary/aromatic N) is 3. The molecule has 0 fully saturated rings. The summed E-state index contributed by atoms with van der Waals surface area (Å²) in [6.45, 7) is 1.72. The van der Waals surface area contributed by atoms with Gasteiger partial charge in [-0.1, -0.05) is 0 Å². The lowest BCUT2D eigenvalue weighted by atomic mass is 10.2. The Labute approximate surface area is 137 Å². The van der Waals surface area contributed by atoms with Crippen LogP contribution >= 0.6 is 0 Å². The van der Waals surface area contributed by atoms with Crippen LogP contribution in [-0.4, -0.2) is 26.6 Å². The van der Waals surface area contributed by atoms with Gasteiger partial charge in [0.15, 0.2) is 5.76 Å². The number of anilines is 2. The van der Waals surface area contributed by atoms with Crippen molar-refractivity contribution < 1.29 is 14.0 Å². The number of carbonyl (C=O) groups is 2. The fourth-order valence-corrected chi connectivity index (χ4v) is 2.02. The Kier molecular flexibility index (Phi) is 4.37. The second-order valence-corrected chi connectivity index (χ2v) is 5.05. The van der Waals surface area contributed by atoms with Crippen molar-refractivity contribution in [3.8, 4) is 0 Å². The predicted molar refractivity (Wildman–Crippen MR) is 86.5 cm³/mol. The first kappa shape index (κ1) is 15.5. The Bertz CT molecular complexity index is 810. The van der Waals surface area contributed by atoms with Crippen LogP contribution in [0.2, 0.25) is 0 Å². The molecule has 0 radical (unpaired) electrons. The monoisotopic (exact) mass is 325 g/mol. The molecule has 0 aliphatic carbocycles. The smallest absolute Gasteiger partial charge is 0.291 e. The third kappa shape index (κ3) is 3.49. The van der Waals surface area contributed by atoms with Crippen molar-refractivity contribution in [2.75, 3.05) is 10.6 Å². The van der Waals surface area contributed by atoms with Crippen molar-refractivity contribution in [3.05, 3.63) is 61.1 Å². The van der Waals surface area contributed by atoms with Gasteiger partial charge in [-0.2, -0.15) is 5.10 Å². The summed E-state index contributed by atoms with van der Waals surface area (Å²) in [5, 5.41) is 9.42. The van der Waals surface area contributed by atoms with E-state index in [4.69, 9.17) is 4.42 Å². The van der Waals surface area contributed by atoms with Crippen molar-refractivity contribution in [1.82, 2.24) is 14.8 Å². The highest BCUT2D eigenvalue weighted by atomic mass is 16.3. The normalized spacial score (nSPS) is 11.7. The van der Waals surface area contributed by atoms with Crippen molar-refractivity contribution in [2.45, 2.75) is 13.0 Å². The number of furan rings is 1. The van der Waals surface area contributed by atoms with Crippen LogP contribution in [0.1, 0.15) is 23.5 Å². The van der Waals surface area contributed by atoms with E-state index in [0.29, 0.717) is 11.4 Å². The van der Waals surface area contributed by atoms with Crippen molar-refractivity contribution >= 4 is 23.2 Å². The van der Waals surface area contributed by atoms with Crippen molar-refractivity contribution in [1.29, 1.82) is 0 Å². The number of rotatable bonds is 5. The molecule has 0 aliphatic heterocycles. The van der Waals surface area contributed by atoms with Gasteiger partial charge < -0.3 is 15.1 Å². The number of nitrogens with one attached hydrogen (secondary N) is 2. The first-order chi connectivity index (χ1) is 11.6. The first-order valence-corrected chi connectivity index (χ1v) is 7.23. The Morgan fingerprint density at radius 3 is 2.42 bits per heavy atom. The average Bonchev–Trinajstić information content (AvgIpc) is 3.29. The molecule has 8 heteroatoms. The van der Waals surface area contributed by atoms with E-state index in [1.54, 1.807) is 43.3 Å². The highest BCUT2D eigenvalue weighted by Gasteiger charge is 2.15. The summed E-state index contributed by atoms with van der Waals surface area (Å²) in [5.74, 6) is -0.321. The minimum absolute atomic E-state index is 0.215. The van der Waals surface area contributed by atoms with Crippen molar-refractivity contribution in [2.24, 2.45) is 0 Å². The molecule has 0 spiro atoms. The number of hydrogen-bond acceptors (Lipinski definition) is 5. The van der Waals surface area contributed by atoms with E-state index in [0.717, 1.165) is 0 Å². The average molecular weight is 325 g/mol. The summed E-state index contributed by atoms with van der Waals surface area (Å²) < 4.78 is 6.49. The molecule has 1 aromatic carbocycles. The van der Waals surface area contributed by atoms with Gasteiger partial charge in [-0.15, -0.1) is 0 Å². The van der Waals surface area contributed by atoms with Crippen LogP contribution in [0.5, 0.6) is 0 Å². The molecular formula is C16H15N5O3. The lowest BCUT2D eigenvalue weighted by Crippen LogP contribution is -2.24. The van der Waals surface area contributed by atoms with E-state index >= 15 is 0 Å². The zero-order valence-electron chi connectivity index (χ0n) is 12.8. The molecule has 2 aromatic heterocycles. The number of hydrogen-bond donors (Lipinski definition) is 2. The van der Waals surface area contributed by atoms with Gasteiger partial charge >= 0.3 is 0 Å². The van der Waals surface area contributed by atoms with Gasteiger partial charge in [0.05, 0.1) is 6.26 Å². The topological polar surface area (TPSA) is 102 Å². The summed E-state index contributed by atoms with van der Waals surface area (Å²) in [6, 6.07) is 9.52. The van der Waals surface area contributed by atoms with E-state index in [1.165, 1.54) is 23.6 Å². The number of amides is 2. The van der Waals surface area contributed by atoms with Crippen LogP contribution in [0.25, 0.3) is 0 Å². The highest BCUT2D eigenvalue weighted by molar-refractivity contribution is 6.02.